The predicted octanol–water partition coefficient (Wildman–Crippen LogP) is 0.758. The minimum absolute atomic E-state index is 0.386. The second-order valence-corrected chi connectivity index (χ2v) is 4.11. The van der Waals surface area contributed by atoms with Crippen molar-refractivity contribution < 1.29 is 4.74 Å². The van der Waals surface area contributed by atoms with Crippen molar-refractivity contribution in [2.75, 3.05) is 30.8 Å². The Morgan fingerprint density at radius 1 is 1.25 bits per heavy atom. The van der Waals surface area contributed by atoms with E-state index in [1.54, 1.807) is 18.0 Å². The van der Waals surface area contributed by atoms with Gasteiger partial charge in [-0.2, -0.15) is 0 Å². The van der Waals surface area contributed by atoms with Crippen molar-refractivity contribution in [1.82, 2.24) is 25.0 Å². The summed E-state index contributed by atoms with van der Waals surface area (Å²) in [5, 5.41) is 14.1. The van der Waals surface area contributed by atoms with E-state index in [0.29, 0.717) is 19.0 Å². The molecule has 2 heterocycles. The third-order valence-corrected chi connectivity index (χ3v) is 2.52. The van der Waals surface area contributed by atoms with E-state index < -0.39 is 0 Å². The molecule has 8 nitrogen and oxygen atoms in total. The zero-order chi connectivity index (χ0) is 14.2. The Balaban J connectivity index is 1.97. The Bertz CT molecular complexity index is 490. The molecule has 0 aliphatic rings. The number of nitrogens with zero attached hydrogens (tertiary/aromatic N) is 5. The maximum atomic E-state index is 5.08. The molecule has 0 fully saturated rings. The van der Waals surface area contributed by atoms with Gasteiger partial charge < -0.3 is 15.4 Å². The average Bonchev–Trinajstić information content (AvgIpc) is 2.92. The van der Waals surface area contributed by atoms with Crippen LogP contribution < -0.4 is 10.6 Å². The summed E-state index contributed by atoms with van der Waals surface area (Å²) in [4.78, 5) is 8.75. The van der Waals surface area contributed by atoms with Gasteiger partial charge in [0.25, 0.3) is 0 Å². The van der Waals surface area contributed by atoms with Gasteiger partial charge in [0, 0.05) is 32.5 Å². The van der Waals surface area contributed by atoms with Crippen LogP contribution in [0.25, 0.3) is 0 Å². The average molecular weight is 277 g/mol. The highest BCUT2D eigenvalue weighted by atomic mass is 16.5. The van der Waals surface area contributed by atoms with Crippen LogP contribution in [0.15, 0.2) is 18.5 Å². The lowest BCUT2D eigenvalue weighted by molar-refractivity contribution is 0.178. The molecule has 0 spiro atoms. The summed E-state index contributed by atoms with van der Waals surface area (Å²) in [6.07, 6.45) is 3.48. The smallest absolute Gasteiger partial charge is 0.158 e. The molecule has 0 aliphatic heterocycles. The highest BCUT2D eigenvalue weighted by Gasteiger charge is 2.04. The van der Waals surface area contributed by atoms with E-state index in [4.69, 9.17) is 4.74 Å². The summed E-state index contributed by atoms with van der Waals surface area (Å²) >= 11 is 0. The molecule has 0 saturated carbocycles. The van der Waals surface area contributed by atoms with Crippen LogP contribution in [-0.2, 0) is 17.9 Å². The molecule has 0 radical (unpaired) electrons. The van der Waals surface area contributed by atoms with Crippen molar-refractivity contribution in [3.8, 4) is 0 Å². The number of ether oxygens (including phenoxy) is 1. The van der Waals surface area contributed by atoms with Gasteiger partial charge in [-0.25, -0.2) is 9.97 Å². The quantitative estimate of drug-likeness (QED) is 0.736. The number of nitrogens with one attached hydrogen (secondary N) is 2. The van der Waals surface area contributed by atoms with Crippen molar-refractivity contribution in [2.24, 2.45) is 0 Å². The fourth-order valence-electron chi connectivity index (χ4n) is 1.70. The summed E-state index contributed by atoms with van der Waals surface area (Å²) in [6.45, 7) is 4.65. The van der Waals surface area contributed by atoms with Gasteiger partial charge >= 0.3 is 0 Å². The van der Waals surface area contributed by atoms with E-state index >= 15 is 0 Å². The first-order valence-corrected chi connectivity index (χ1v) is 6.50. The molecule has 0 aliphatic carbocycles. The van der Waals surface area contributed by atoms with Crippen molar-refractivity contribution in [1.29, 1.82) is 0 Å². The first-order chi connectivity index (χ1) is 9.81. The van der Waals surface area contributed by atoms with Crippen LogP contribution in [0.2, 0.25) is 0 Å². The Morgan fingerprint density at radius 3 is 2.70 bits per heavy atom. The Labute approximate surface area is 117 Å². The van der Waals surface area contributed by atoms with Gasteiger partial charge in [0.2, 0.25) is 0 Å². The van der Waals surface area contributed by atoms with Crippen LogP contribution in [0.4, 0.5) is 11.6 Å². The topological polar surface area (TPSA) is 89.8 Å². The molecule has 2 aromatic rings. The zero-order valence-corrected chi connectivity index (χ0v) is 11.7. The molecule has 0 saturated heterocycles. The van der Waals surface area contributed by atoms with Gasteiger partial charge in [-0.15, -0.1) is 5.10 Å². The number of hydrogen-bond acceptors (Lipinski definition) is 7. The summed E-state index contributed by atoms with van der Waals surface area (Å²) in [7, 11) is 1.63. The molecule has 2 N–H and O–H groups in total. The molecular formula is C12H19N7O. The maximum Gasteiger partial charge on any atom is 0.158 e. The van der Waals surface area contributed by atoms with Crippen LogP contribution in [0.5, 0.6) is 0 Å². The molecule has 0 bridgehead atoms. The Kier molecular flexibility index (Phi) is 5.24. The molecule has 108 valence electrons. The standard InChI is InChI=1S/C12H19N7O/c1-3-13-10-8-11(17-12(16-10)9-20-2)14-4-6-19-7-5-15-18-19/h5,7-8H,3-4,6,9H2,1-2H3,(H2,13,14,16,17). The van der Waals surface area contributed by atoms with Crippen LogP contribution in [0.1, 0.15) is 12.7 Å². The van der Waals surface area contributed by atoms with Crippen molar-refractivity contribution in [3.63, 3.8) is 0 Å². The molecule has 8 heteroatoms. The fourth-order valence-corrected chi connectivity index (χ4v) is 1.70. The largest absolute Gasteiger partial charge is 0.377 e. The molecular weight excluding hydrogens is 258 g/mol. The highest BCUT2D eigenvalue weighted by molar-refractivity contribution is 5.47. The fraction of sp³-hybridized carbons (Fsp3) is 0.500. The molecule has 0 aromatic carbocycles. The lowest BCUT2D eigenvalue weighted by Crippen LogP contribution is -2.13. The summed E-state index contributed by atoms with van der Waals surface area (Å²) < 4.78 is 6.84. The first-order valence-electron chi connectivity index (χ1n) is 6.50. The number of anilines is 2. The summed E-state index contributed by atoms with van der Waals surface area (Å²) in [6, 6.07) is 1.88. The lowest BCUT2D eigenvalue weighted by atomic mass is 10.4. The SMILES string of the molecule is CCNc1cc(NCCn2ccnn2)nc(COC)n1. The van der Waals surface area contributed by atoms with E-state index in [0.717, 1.165) is 24.7 Å². The molecule has 0 unspecified atom stereocenters. The monoisotopic (exact) mass is 277 g/mol. The first kappa shape index (κ1) is 14.2. The van der Waals surface area contributed by atoms with Crippen molar-refractivity contribution in [3.05, 3.63) is 24.3 Å². The molecule has 2 rings (SSSR count). The maximum absolute atomic E-state index is 5.08. The predicted molar refractivity (Wildman–Crippen MR) is 75.4 cm³/mol. The summed E-state index contributed by atoms with van der Waals surface area (Å²) in [5.74, 6) is 2.20. The lowest BCUT2D eigenvalue weighted by Gasteiger charge is -2.10. The molecule has 0 atom stereocenters. The Morgan fingerprint density at radius 2 is 2.05 bits per heavy atom. The third kappa shape index (κ3) is 4.16. The van der Waals surface area contributed by atoms with Crippen molar-refractivity contribution >= 4 is 11.6 Å². The van der Waals surface area contributed by atoms with Gasteiger partial charge in [-0.3, -0.25) is 4.68 Å². The minimum atomic E-state index is 0.386. The van der Waals surface area contributed by atoms with Crippen LogP contribution in [0.3, 0.4) is 0 Å². The van der Waals surface area contributed by atoms with Gasteiger partial charge in [0.1, 0.15) is 18.2 Å². The van der Waals surface area contributed by atoms with Crippen LogP contribution in [-0.4, -0.2) is 45.2 Å². The number of rotatable bonds is 8. The van der Waals surface area contributed by atoms with Gasteiger partial charge in [-0.05, 0) is 6.92 Å². The normalized spacial score (nSPS) is 10.5. The second kappa shape index (κ2) is 7.39. The highest BCUT2D eigenvalue weighted by Crippen LogP contribution is 2.11. The van der Waals surface area contributed by atoms with Gasteiger partial charge in [0.05, 0.1) is 12.7 Å². The van der Waals surface area contributed by atoms with E-state index in [1.807, 2.05) is 19.2 Å². The van der Waals surface area contributed by atoms with E-state index in [9.17, 15) is 0 Å². The second-order valence-electron chi connectivity index (χ2n) is 4.11. The van der Waals surface area contributed by atoms with Crippen LogP contribution >= 0.6 is 0 Å². The van der Waals surface area contributed by atoms with Gasteiger partial charge in [-0.1, -0.05) is 5.21 Å². The molecule has 2 aromatic heterocycles. The number of methoxy groups -OCH3 is 1. The zero-order valence-electron chi connectivity index (χ0n) is 11.7. The minimum Gasteiger partial charge on any atom is -0.377 e. The van der Waals surface area contributed by atoms with Gasteiger partial charge in [0.15, 0.2) is 5.82 Å². The van der Waals surface area contributed by atoms with E-state index in [1.165, 1.54) is 0 Å². The third-order valence-electron chi connectivity index (χ3n) is 2.52. The Hall–Kier alpha value is -2.22. The van der Waals surface area contributed by atoms with E-state index in [-0.39, 0.29) is 0 Å². The van der Waals surface area contributed by atoms with Crippen LogP contribution in [0, 0.1) is 0 Å². The summed E-state index contributed by atoms with van der Waals surface area (Å²) in [5.41, 5.74) is 0. The number of hydrogen-bond donors (Lipinski definition) is 2. The number of aromatic nitrogens is 5. The van der Waals surface area contributed by atoms with E-state index in [2.05, 4.69) is 30.9 Å². The molecule has 0 amide bonds. The molecule has 20 heavy (non-hydrogen) atoms. The van der Waals surface area contributed by atoms with Crippen molar-refractivity contribution in [2.45, 2.75) is 20.1 Å².